The second-order valence-electron chi connectivity index (χ2n) is 4.75. The fourth-order valence-corrected chi connectivity index (χ4v) is 2.24. The molecule has 1 aromatic carbocycles. The molecule has 112 valence electrons. The summed E-state index contributed by atoms with van der Waals surface area (Å²) in [5.41, 5.74) is 6.19. The number of aromatic nitrogens is 3. The summed E-state index contributed by atoms with van der Waals surface area (Å²) < 4.78 is 1.61. The van der Waals surface area contributed by atoms with Crippen molar-refractivity contribution in [3.8, 4) is 0 Å². The van der Waals surface area contributed by atoms with Crippen LogP contribution in [0.1, 0.15) is 30.1 Å². The van der Waals surface area contributed by atoms with Crippen LogP contribution in [-0.4, -0.2) is 32.4 Å². The minimum atomic E-state index is -0.484. The molecule has 0 radical (unpaired) electrons. The summed E-state index contributed by atoms with van der Waals surface area (Å²) in [6.07, 6.45) is -0.0151. The largest absolute Gasteiger partial charge is 0.394 e. The molecule has 0 aliphatic carbocycles. The third-order valence-corrected chi connectivity index (χ3v) is 3.40. The number of carbonyl (C=O) groups excluding carboxylic acids is 1. The lowest BCUT2D eigenvalue weighted by Crippen LogP contribution is -2.15. The van der Waals surface area contributed by atoms with Crippen LogP contribution in [0.3, 0.4) is 0 Å². The smallest absolute Gasteiger partial charge is 0.225 e. The van der Waals surface area contributed by atoms with E-state index in [4.69, 9.17) is 22.4 Å². The highest BCUT2D eigenvalue weighted by molar-refractivity contribution is 6.30. The molecular formula is C14H17ClN4O2. The number of primary amides is 1. The average molecular weight is 309 g/mol. The first-order valence-corrected chi connectivity index (χ1v) is 6.97. The summed E-state index contributed by atoms with van der Waals surface area (Å²) in [6, 6.07) is 7.45. The highest BCUT2D eigenvalue weighted by Crippen LogP contribution is 2.24. The van der Waals surface area contributed by atoms with Crippen molar-refractivity contribution in [3.05, 3.63) is 46.5 Å². The molecule has 6 nitrogen and oxygen atoms in total. The van der Waals surface area contributed by atoms with Crippen LogP contribution in [-0.2, 0) is 17.8 Å². The van der Waals surface area contributed by atoms with E-state index in [0.29, 0.717) is 23.2 Å². The van der Waals surface area contributed by atoms with Gasteiger partial charge in [-0.15, -0.1) is 0 Å². The first kappa shape index (κ1) is 15.5. The third kappa shape index (κ3) is 3.80. The number of amides is 1. The Morgan fingerprint density at radius 1 is 1.43 bits per heavy atom. The van der Waals surface area contributed by atoms with Gasteiger partial charge in [0.1, 0.15) is 5.82 Å². The molecule has 1 aromatic heterocycles. The predicted octanol–water partition coefficient (Wildman–Crippen LogP) is 1.10. The Labute approximate surface area is 127 Å². The van der Waals surface area contributed by atoms with Crippen LogP contribution in [0, 0.1) is 0 Å². The maximum atomic E-state index is 11.0. The molecule has 1 heterocycles. The average Bonchev–Trinajstić information content (AvgIpc) is 2.81. The van der Waals surface area contributed by atoms with E-state index in [-0.39, 0.29) is 18.9 Å². The topological polar surface area (TPSA) is 94.0 Å². The Kier molecular flexibility index (Phi) is 4.93. The van der Waals surface area contributed by atoms with Crippen LogP contribution >= 0.6 is 11.6 Å². The van der Waals surface area contributed by atoms with Crippen molar-refractivity contribution in [2.75, 3.05) is 6.61 Å². The van der Waals surface area contributed by atoms with E-state index in [1.807, 2.05) is 31.2 Å². The van der Waals surface area contributed by atoms with Crippen molar-refractivity contribution < 1.29 is 9.90 Å². The van der Waals surface area contributed by atoms with Gasteiger partial charge in [0.25, 0.3) is 0 Å². The maximum Gasteiger partial charge on any atom is 0.225 e. The number of rotatable bonds is 6. The Bertz CT molecular complexity index is 624. The van der Waals surface area contributed by atoms with Crippen molar-refractivity contribution in [1.29, 1.82) is 0 Å². The molecule has 0 bridgehead atoms. The molecule has 2 aromatic rings. The van der Waals surface area contributed by atoms with Crippen LogP contribution in [0.4, 0.5) is 0 Å². The molecule has 0 saturated carbocycles. The summed E-state index contributed by atoms with van der Waals surface area (Å²) in [4.78, 5) is 15.4. The molecule has 7 heteroatoms. The maximum absolute atomic E-state index is 11.0. The van der Waals surface area contributed by atoms with Gasteiger partial charge < -0.3 is 10.8 Å². The molecule has 3 N–H and O–H groups in total. The molecule has 0 aliphatic heterocycles. The van der Waals surface area contributed by atoms with Crippen LogP contribution in [0.5, 0.6) is 0 Å². The summed E-state index contributed by atoms with van der Waals surface area (Å²) in [6.45, 7) is 2.24. The number of hydrogen-bond donors (Lipinski definition) is 2. The van der Waals surface area contributed by atoms with E-state index in [2.05, 4.69) is 10.1 Å². The fourth-order valence-electron chi connectivity index (χ4n) is 2.11. The van der Waals surface area contributed by atoms with E-state index in [1.54, 1.807) is 4.68 Å². The van der Waals surface area contributed by atoms with Crippen LogP contribution < -0.4 is 5.73 Å². The number of hydrogen-bond acceptors (Lipinski definition) is 4. The Hall–Kier alpha value is -1.92. The molecule has 0 aliphatic rings. The van der Waals surface area contributed by atoms with Crippen LogP contribution in [0.25, 0.3) is 0 Å². The predicted molar refractivity (Wildman–Crippen MR) is 79.0 cm³/mol. The molecule has 21 heavy (non-hydrogen) atoms. The Morgan fingerprint density at radius 2 is 2.10 bits per heavy atom. The van der Waals surface area contributed by atoms with E-state index >= 15 is 0 Å². The summed E-state index contributed by atoms with van der Waals surface area (Å²) in [5.74, 6) is 0.527. The van der Waals surface area contributed by atoms with E-state index in [9.17, 15) is 4.79 Å². The second kappa shape index (κ2) is 6.69. The standard InChI is InChI=1S/C14H17ClN4O2/c1-9(10-2-4-11(15)5-3-10)14-17-13(8-12(16)21)18-19(14)6-7-20/h2-5,9,20H,6-8H2,1H3,(H2,16,21)/t9-/m1/s1. The lowest BCUT2D eigenvalue weighted by molar-refractivity contribution is -0.117. The van der Waals surface area contributed by atoms with Gasteiger partial charge in [0.05, 0.1) is 19.6 Å². The molecule has 1 amide bonds. The third-order valence-electron chi connectivity index (χ3n) is 3.15. The van der Waals surface area contributed by atoms with Crippen molar-refractivity contribution in [3.63, 3.8) is 0 Å². The fraction of sp³-hybridized carbons (Fsp3) is 0.357. The zero-order valence-corrected chi connectivity index (χ0v) is 12.4. The lowest BCUT2D eigenvalue weighted by atomic mass is 10.0. The Balaban J connectivity index is 2.33. The molecular weight excluding hydrogens is 292 g/mol. The van der Waals surface area contributed by atoms with Gasteiger partial charge in [-0.3, -0.25) is 4.79 Å². The van der Waals surface area contributed by atoms with Crippen molar-refractivity contribution in [1.82, 2.24) is 14.8 Å². The van der Waals surface area contributed by atoms with Gasteiger partial charge in [-0.1, -0.05) is 30.7 Å². The molecule has 0 fully saturated rings. The number of aliphatic hydroxyl groups is 1. The zero-order chi connectivity index (χ0) is 15.4. The van der Waals surface area contributed by atoms with Gasteiger partial charge >= 0.3 is 0 Å². The molecule has 0 saturated heterocycles. The van der Waals surface area contributed by atoms with Gasteiger partial charge in [0.15, 0.2) is 5.82 Å². The van der Waals surface area contributed by atoms with E-state index in [1.165, 1.54) is 0 Å². The molecule has 0 spiro atoms. The number of aliphatic hydroxyl groups excluding tert-OH is 1. The second-order valence-corrected chi connectivity index (χ2v) is 5.19. The van der Waals surface area contributed by atoms with E-state index in [0.717, 1.165) is 5.56 Å². The van der Waals surface area contributed by atoms with Gasteiger partial charge in [0.2, 0.25) is 5.91 Å². The van der Waals surface area contributed by atoms with Gasteiger partial charge in [-0.05, 0) is 17.7 Å². The first-order chi connectivity index (χ1) is 10.0. The van der Waals surface area contributed by atoms with Gasteiger partial charge in [0, 0.05) is 10.9 Å². The van der Waals surface area contributed by atoms with Crippen LogP contribution in [0.15, 0.2) is 24.3 Å². The van der Waals surface area contributed by atoms with Gasteiger partial charge in [-0.2, -0.15) is 5.10 Å². The SMILES string of the molecule is C[C@H](c1ccc(Cl)cc1)c1nc(CC(N)=O)nn1CCO. The van der Waals surface area contributed by atoms with Crippen molar-refractivity contribution >= 4 is 17.5 Å². The monoisotopic (exact) mass is 308 g/mol. The highest BCUT2D eigenvalue weighted by Gasteiger charge is 2.18. The number of carbonyl (C=O) groups is 1. The summed E-state index contributed by atoms with van der Waals surface area (Å²) in [5, 5.41) is 14.0. The number of nitrogens with zero attached hydrogens (tertiary/aromatic N) is 3. The van der Waals surface area contributed by atoms with Crippen molar-refractivity contribution in [2.24, 2.45) is 5.73 Å². The summed E-state index contributed by atoms with van der Waals surface area (Å²) in [7, 11) is 0. The lowest BCUT2D eigenvalue weighted by Gasteiger charge is -2.12. The van der Waals surface area contributed by atoms with Gasteiger partial charge in [-0.25, -0.2) is 9.67 Å². The van der Waals surface area contributed by atoms with Crippen molar-refractivity contribution in [2.45, 2.75) is 25.8 Å². The zero-order valence-electron chi connectivity index (χ0n) is 11.7. The molecule has 1 atom stereocenters. The quantitative estimate of drug-likeness (QED) is 0.835. The molecule has 0 unspecified atom stereocenters. The first-order valence-electron chi connectivity index (χ1n) is 6.59. The molecule has 2 rings (SSSR count). The number of halogens is 1. The minimum absolute atomic E-state index is 0.0151. The summed E-state index contributed by atoms with van der Waals surface area (Å²) >= 11 is 5.89. The number of nitrogens with two attached hydrogens (primary N) is 1. The van der Waals surface area contributed by atoms with Crippen LogP contribution in [0.2, 0.25) is 5.02 Å². The Morgan fingerprint density at radius 3 is 2.67 bits per heavy atom. The van der Waals surface area contributed by atoms with E-state index < -0.39 is 5.91 Å². The number of benzene rings is 1. The normalized spacial score (nSPS) is 12.3. The minimum Gasteiger partial charge on any atom is -0.394 e. The highest BCUT2D eigenvalue weighted by atomic mass is 35.5.